The van der Waals surface area contributed by atoms with Crippen LogP contribution in [0.5, 0.6) is 5.75 Å². The summed E-state index contributed by atoms with van der Waals surface area (Å²) in [5, 5.41) is 2.66. The zero-order valence-electron chi connectivity index (χ0n) is 14.7. The van der Waals surface area contributed by atoms with Crippen molar-refractivity contribution >= 4 is 23.5 Å². The van der Waals surface area contributed by atoms with E-state index >= 15 is 0 Å². The molecule has 1 atom stereocenters. The van der Waals surface area contributed by atoms with Gasteiger partial charge in [0.25, 0.3) is 5.91 Å². The maximum atomic E-state index is 12.8. The van der Waals surface area contributed by atoms with E-state index in [4.69, 9.17) is 9.47 Å². The first-order valence-electron chi connectivity index (χ1n) is 8.07. The number of nitrogens with one attached hydrogen (secondary N) is 1. The Morgan fingerprint density at radius 2 is 2.04 bits per heavy atom. The predicted molar refractivity (Wildman–Crippen MR) is 91.5 cm³/mol. The lowest BCUT2D eigenvalue weighted by atomic mass is 10.1. The van der Waals surface area contributed by atoms with Crippen LogP contribution in [-0.4, -0.2) is 62.7 Å². The van der Waals surface area contributed by atoms with Crippen molar-refractivity contribution in [3.8, 4) is 5.75 Å². The Morgan fingerprint density at radius 3 is 2.68 bits per heavy atom. The second kappa shape index (κ2) is 8.48. The summed E-state index contributed by atoms with van der Waals surface area (Å²) >= 11 is 0. The van der Waals surface area contributed by atoms with Gasteiger partial charge in [0.2, 0.25) is 5.91 Å². The van der Waals surface area contributed by atoms with Crippen molar-refractivity contribution in [2.75, 3.05) is 38.8 Å². The van der Waals surface area contributed by atoms with E-state index in [0.717, 1.165) is 4.90 Å². The number of benzene rings is 1. The number of rotatable bonds is 8. The zero-order chi connectivity index (χ0) is 18.4. The first kappa shape index (κ1) is 18.7. The van der Waals surface area contributed by atoms with E-state index < -0.39 is 18.0 Å². The Morgan fingerprint density at radius 1 is 1.28 bits per heavy atom. The number of ether oxygens (including phenoxy) is 2. The average Bonchev–Trinajstić information content (AvgIpc) is 2.83. The highest BCUT2D eigenvalue weighted by atomic mass is 16.5. The number of anilines is 1. The molecule has 1 saturated heterocycles. The van der Waals surface area contributed by atoms with Crippen LogP contribution in [0.25, 0.3) is 0 Å². The topological polar surface area (TPSA) is 88.2 Å². The molecule has 0 aromatic heterocycles. The molecule has 1 fully saturated rings. The molecule has 2 rings (SSSR count). The maximum absolute atomic E-state index is 12.8. The van der Waals surface area contributed by atoms with Crippen molar-refractivity contribution < 1.29 is 23.9 Å². The molecule has 0 spiro atoms. The lowest BCUT2D eigenvalue weighted by Crippen LogP contribution is -2.41. The molecular weight excluding hydrogens is 326 g/mol. The summed E-state index contributed by atoms with van der Waals surface area (Å²) in [6, 6.07) is 5.37. The Labute approximate surface area is 146 Å². The van der Waals surface area contributed by atoms with Crippen LogP contribution in [0.3, 0.4) is 0 Å². The molecule has 0 bridgehead atoms. The molecule has 25 heavy (non-hydrogen) atoms. The summed E-state index contributed by atoms with van der Waals surface area (Å²) < 4.78 is 10.2. The second-order valence-electron chi connectivity index (χ2n) is 5.52. The van der Waals surface area contributed by atoms with E-state index in [2.05, 4.69) is 5.32 Å². The van der Waals surface area contributed by atoms with E-state index in [-0.39, 0.29) is 25.5 Å². The van der Waals surface area contributed by atoms with Crippen molar-refractivity contribution in [1.29, 1.82) is 0 Å². The molecule has 136 valence electrons. The molecule has 1 aromatic carbocycles. The Hall–Kier alpha value is -2.61. The highest BCUT2D eigenvalue weighted by Crippen LogP contribution is 2.29. The van der Waals surface area contributed by atoms with Gasteiger partial charge < -0.3 is 19.7 Å². The van der Waals surface area contributed by atoms with Gasteiger partial charge >= 0.3 is 6.03 Å². The zero-order valence-corrected chi connectivity index (χ0v) is 14.7. The minimum Gasteiger partial charge on any atom is -0.497 e. The van der Waals surface area contributed by atoms with Gasteiger partial charge in [0.05, 0.1) is 25.8 Å². The third-order valence-electron chi connectivity index (χ3n) is 3.92. The fraction of sp³-hybridized carbons (Fsp3) is 0.471. The van der Waals surface area contributed by atoms with E-state index in [9.17, 15) is 14.4 Å². The molecule has 1 N–H and O–H groups in total. The van der Waals surface area contributed by atoms with Crippen LogP contribution in [0.15, 0.2) is 24.3 Å². The van der Waals surface area contributed by atoms with Crippen molar-refractivity contribution in [1.82, 2.24) is 10.2 Å². The van der Waals surface area contributed by atoms with Crippen molar-refractivity contribution in [2.24, 2.45) is 0 Å². The average molecular weight is 349 g/mol. The van der Waals surface area contributed by atoms with E-state index in [0.29, 0.717) is 18.0 Å². The third-order valence-corrected chi connectivity index (χ3v) is 3.92. The summed E-state index contributed by atoms with van der Waals surface area (Å²) in [6.07, 6.45) is -0.0808. The third kappa shape index (κ3) is 4.08. The van der Waals surface area contributed by atoms with Crippen molar-refractivity contribution in [2.45, 2.75) is 19.4 Å². The Balaban J connectivity index is 2.30. The quantitative estimate of drug-likeness (QED) is 0.708. The first-order chi connectivity index (χ1) is 12.0. The second-order valence-corrected chi connectivity index (χ2v) is 5.52. The molecule has 0 aliphatic carbocycles. The largest absolute Gasteiger partial charge is 0.497 e. The Kier molecular flexibility index (Phi) is 6.35. The van der Waals surface area contributed by atoms with Gasteiger partial charge in [-0.1, -0.05) is 6.07 Å². The highest BCUT2D eigenvalue weighted by molar-refractivity contribution is 6.22. The van der Waals surface area contributed by atoms with E-state index in [1.807, 2.05) is 0 Å². The lowest BCUT2D eigenvalue weighted by Gasteiger charge is -2.21. The predicted octanol–water partition coefficient (Wildman–Crippen LogP) is 1.00. The number of nitrogens with zero attached hydrogens (tertiary/aromatic N) is 2. The van der Waals surface area contributed by atoms with Crippen LogP contribution in [0, 0.1) is 0 Å². The van der Waals surface area contributed by atoms with Crippen LogP contribution in [-0.2, 0) is 14.3 Å². The Bertz CT molecular complexity index is 649. The van der Waals surface area contributed by atoms with Crippen LogP contribution >= 0.6 is 0 Å². The van der Waals surface area contributed by atoms with Crippen LogP contribution in [0.2, 0.25) is 0 Å². The number of hydrogen-bond donors (Lipinski definition) is 1. The summed E-state index contributed by atoms with van der Waals surface area (Å²) in [4.78, 5) is 40.0. The molecular formula is C17H23N3O5. The maximum Gasteiger partial charge on any atom is 0.332 e. The number of urea groups is 1. The number of carbonyl (C=O) groups is 3. The molecule has 0 saturated carbocycles. The van der Waals surface area contributed by atoms with E-state index in [1.165, 1.54) is 19.1 Å². The summed E-state index contributed by atoms with van der Waals surface area (Å²) in [5.74, 6) is -0.169. The van der Waals surface area contributed by atoms with Gasteiger partial charge in [-0.3, -0.25) is 9.59 Å². The number of hydrogen-bond acceptors (Lipinski definition) is 5. The van der Waals surface area contributed by atoms with Crippen LogP contribution in [0.1, 0.15) is 13.3 Å². The molecule has 1 aromatic rings. The normalized spacial score (nSPS) is 17.2. The van der Waals surface area contributed by atoms with Gasteiger partial charge in [0.15, 0.2) is 0 Å². The number of methoxy groups -OCH3 is 2. The highest BCUT2D eigenvalue weighted by Gasteiger charge is 2.46. The smallest absolute Gasteiger partial charge is 0.332 e. The van der Waals surface area contributed by atoms with Crippen molar-refractivity contribution in [3.63, 3.8) is 0 Å². The number of amides is 4. The molecule has 8 nitrogen and oxygen atoms in total. The monoisotopic (exact) mass is 349 g/mol. The molecule has 8 heteroatoms. The SMILES string of the molecule is CCNC(=O)C[C@@H]1C(=O)N(c2cccc(OC)c2)C(=O)N1CCOC. The molecule has 4 amide bonds. The molecule has 1 heterocycles. The minimum atomic E-state index is -0.847. The lowest BCUT2D eigenvalue weighted by molar-refractivity contribution is -0.127. The van der Waals surface area contributed by atoms with Gasteiger partial charge in [-0.15, -0.1) is 0 Å². The molecule has 0 radical (unpaired) electrons. The van der Waals surface area contributed by atoms with Gasteiger partial charge in [-0.25, -0.2) is 9.69 Å². The summed E-state index contributed by atoms with van der Waals surface area (Å²) in [7, 11) is 3.02. The molecule has 0 unspecified atom stereocenters. The van der Waals surface area contributed by atoms with Crippen LogP contribution < -0.4 is 15.0 Å². The number of imide groups is 1. The first-order valence-corrected chi connectivity index (χ1v) is 8.07. The van der Waals surface area contributed by atoms with Gasteiger partial charge in [0.1, 0.15) is 11.8 Å². The molecule has 1 aliphatic rings. The van der Waals surface area contributed by atoms with E-state index in [1.54, 1.807) is 31.2 Å². The minimum absolute atomic E-state index is 0.0808. The fourth-order valence-corrected chi connectivity index (χ4v) is 2.71. The van der Waals surface area contributed by atoms with Crippen molar-refractivity contribution in [3.05, 3.63) is 24.3 Å². The standard InChI is InChI=1S/C17H23N3O5/c1-4-18-15(21)11-14-16(22)20(17(23)19(14)8-9-24-2)12-6-5-7-13(10-12)25-3/h5-7,10,14H,4,8-9,11H2,1-3H3,(H,18,21)/t14-/m1/s1. The van der Waals surface area contributed by atoms with Gasteiger partial charge in [0, 0.05) is 26.3 Å². The number of carbonyl (C=O) groups excluding carboxylic acids is 3. The van der Waals surface area contributed by atoms with Crippen LogP contribution in [0.4, 0.5) is 10.5 Å². The van der Waals surface area contributed by atoms with Gasteiger partial charge in [-0.05, 0) is 19.1 Å². The fourth-order valence-electron chi connectivity index (χ4n) is 2.71. The summed E-state index contributed by atoms with van der Waals surface area (Å²) in [5.41, 5.74) is 0.412. The summed E-state index contributed by atoms with van der Waals surface area (Å²) in [6.45, 7) is 2.76. The van der Waals surface area contributed by atoms with Gasteiger partial charge in [-0.2, -0.15) is 0 Å². The molecule has 1 aliphatic heterocycles.